The SMILES string of the molecule is O=C(c1ccc(NC2CCC(N3C(=O)CCC3=O)CC2)nc1)N1CCc2ccccc21. The molecule has 7 heteroatoms. The maximum Gasteiger partial charge on any atom is 0.259 e. The molecule has 3 amide bonds. The molecule has 0 unspecified atom stereocenters. The van der Waals surface area contributed by atoms with Gasteiger partial charge >= 0.3 is 0 Å². The molecule has 3 aliphatic rings. The maximum absolute atomic E-state index is 12.9. The highest BCUT2D eigenvalue weighted by Gasteiger charge is 2.36. The van der Waals surface area contributed by atoms with Crippen molar-refractivity contribution in [2.24, 2.45) is 0 Å². The summed E-state index contributed by atoms with van der Waals surface area (Å²) < 4.78 is 0. The minimum absolute atomic E-state index is 0.0237. The Hall–Kier alpha value is -3.22. The fourth-order valence-electron chi connectivity index (χ4n) is 5.00. The van der Waals surface area contributed by atoms with Gasteiger partial charge in [0.15, 0.2) is 0 Å². The number of benzene rings is 1. The molecule has 1 saturated heterocycles. The third-order valence-corrected chi connectivity index (χ3v) is 6.65. The van der Waals surface area contributed by atoms with E-state index in [1.807, 2.05) is 35.2 Å². The van der Waals surface area contributed by atoms with Gasteiger partial charge in [-0.15, -0.1) is 0 Å². The normalized spacial score (nSPS) is 23.2. The zero-order valence-corrected chi connectivity index (χ0v) is 17.4. The van der Waals surface area contributed by atoms with E-state index < -0.39 is 0 Å². The van der Waals surface area contributed by atoms with Gasteiger partial charge in [0.1, 0.15) is 5.82 Å². The third kappa shape index (κ3) is 3.80. The Morgan fingerprint density at radius 2 is 1.68 bits per heavy atom. The zero-order valence-electron chi connectivity index (χ0n) is 17.4. The van der Waals surface area contributed by atoms with Crippen LogP contribution in [0.4, 0.5) is 11.5 Å². The van der Waals surface area contributed by atoms with Gasteiger partial charge in [0.05, 0.1) is 5.56 Å². The highest BCUT2D eigenvalue weighted by Crippen LogP contribution is 2.30. The first-order chi connectivity index (χ1) is 15.1. The van der Waals surface area contributed by atoms with Crippen LogP contribution in [0.15, 0.2) is 42.6 Å². The number of carbonyl (C=O) groups excluding carboxylic acids is 3. The molecular weight excluding hydrogens is 392 g/mol. The lowest BCUT2D eigenvalue weighted by Crippen LogP contribution is -2.43. The number of nitrogens with one attached hydrogen (secondary N) is 1. The quantitative estimate of drug-likeness (QED) is 0.772. The molecule has 1 aromatic heterocycles. The van der Waals surface area contributed by atoms with Crippen molar-refractivity contribution in [3.63, 3.8) is 0 Å². The van der Waals surface area contributed by atoms with Crippen molar-refractivity contribution in [2.45, 2.75) is 57.0 Å². The minimum Gasteiger partial charge on any atom is -0.367 e. The van der Waals surface area contributed by atoms with E-state index in [-0.39, 0.29) is 29.8 Å². The summed E-state index contributed by atoms with van der Waals surface area (Å²) in [5.41, 5.74) is 2.77. The van der Waals surface area contributed by atoms with Gasteiger partial charge in [0, 0.05) is 43.4 Å². The van der Waals surface area contributed by atoms with Crippen LogP contribution in [0.5, 0.6) is 0 Å². The number of likely N-dealkylation sites (tertiary alicyclic amines) is 1. The molecule has 2 aromatic rings. The molecule has 1 aliphatic carbocycles. The summed E-state index contributed by atoms with van der Waals surface area (Å²) in [6.07, 6.45) is 6.64. The van der Waals surface area contributed by atoms with Gasteiger partial charge in [-0.1, -0.05) is 18.2 Å². The summed E-state index contributed by atoms with van der Waals surface area (Å²) >= 11 is 0. The van der Waals surface area contributed by atoms with Crippen molar-refractivity contribution in [3.05, 3.63) is 53.7 Å². The van der Waals surface area contributed by atoms with E-state index in [2.05, 4.69) is 16.4 Å². The predicted octanol–water partition coefficient (Wildman–Crippen LogP) is 3.16. The van der Waals surface area contributed by atoms with Crippen molar-refractivity contribution in [3.8, 4) is 0 Å². The molecule has 2 fully saturated rings. The first-order valence-electron chi connectivity index (χ1n) is 11.1. The number of anilines is 2. The molecule has 1 N–H and O–H groups in total. The van der Waals surface area contributed by atoms with Crippen LogP contribution < -0.4 is 10.2 Å². The van der Waals surface area contributed by atoms with E-state index in [0.29, 0.717) is 24.9 Å². The molecule has 0 spiro atoms. The number of aromatic nitrogens is 1. The number of fused-ring (bicyclic) bond motifs is 1. The van der Waals surface area contributed by atoms with Crippen molar-refractivity contribution in [2.75, 3.05) is 16.8 Å². The highest BCUT2D eigenvalue weighted by molar-refractivity contribution is 6.07. The first kappa shape index (κ1) is 19.7. The van der Waals surface area contributed by atoms with Gasteiger partial charge in [0.2, 0.25) is 11.8 Å². The van der Waals surface area contributed by atoms with Crippen LogP contribution in [0.2, 0.25) is 0 Å². The number of pyridine rings is 1. The number of rotatable bonds is 4. The van der Waals surface area contributed by atoms with E-state index in [1.165, 1.54) is 10.5 Å². The molecular formula is C24H26N4O3. The Bertz CT molecular complexity index is 996. The lowest BCUT2D eigenvalue weighted by atomic mass is 9.90. The average Bonchev–Trinajstić information content (AvgIpc) is 3.37. The summed E-state index contributed by atoms with van der Waals surface area (Å²) in [6.45, 7) is 0.698. The second kappa shape index (κ2) is 8.13. The van der Waals surface area contributed by atoms with Crippen molar-refractivity contribution >= 4 is 29.2 Å². The number of carbonyl (C=O) groups is 3. The maximum atomic E-state index is 12.9. The number of hydrogen-bond acceptors (Lipinski definition) is 5. The topological polar surface area (TPSA) is 82.6 Å². The number of para-hydroxylation sites is 1. The van der Waals surface area contributed by atoms with Crippen LogP contribution in [0, 0.1) is 0 Å². The van der Waals surface area contributed by atoms with E-state index >= 15 is 0 Å². The molecule has 0 radical (unpaired) electrons. The molecule has 7 nitrogen and oxygen atoms in total. The summed E-state index contributed by atoms with van der Waals surface area (Å²) in [6, 6.07) is 12.0. The fourth-order valence-corrected chi connectivity index (χ4v) is 5.00. The van der Waals surface area contributed by atoms with E-state index in [1.54, 1.807) is 6.20 Å². The van der Waals surface area contributed by atoms with Gasteiger partial charge < -0.3 is 10.2 Å². The Labute approximate surface area is 181 Å². The summed E-state index contributed by atoms with van der Waals surface area (Å²) in [5, 5.41) is 3.44. The average molecular weight is 418 g/mol. The second-order valence-corrected chi connectivity index (χ2v) is 8.57. The minimum atomic E-state index is -0.0241. The fraction of sp³-hybridized carbons (Fsp3) is 0.417. The number of hydrogen-bond donors (Lipinski definition) is 1. The van der Waals surface area contributed by atoms with E-state index in [4.69, 9.17) is 0 Å². The van der Waals surface area contributed by atoms with Gasteiger partial charge in [-0.2, -0.15) is 0 Å². The predicted molar refractivity (Wildman–Crippen MR) is 117 cm³/mol. The monoisotopic (exact) mass is 418 g/mol. The Morgan fingerprint density at radius 1 is 0.935 bits per heavy atom. The molecule has 31 heavy (non-hydrogen) atoms. The number of amides is 3. The second-order valence-electron chi connectivity index (χ2n) is 8.57. The van der Waals surface area contributed by atoms with Crippen molar-refractivity contribution < 1.29 is 14.4 Å². The lowest BCUT2D eigenvalue weighted by Gasteiger charge is -2.34. The van der Waals surface area contributed by atoms with Gasteiger partial charge in [0.25, 0.3) is 5.91 Å². The smallest absolute Gasteiger partial charge is 0.259 e. The first-order valence-corrected chi connectivity index (χ1v) is 11.1. The van der Waals surface area contributed by atoms with Gasteiger partial charge in [-0.3, -0.25) is 19.3 Å². The summed E-state index contributed by atoms with van der Waals surface area (Å²) in [4.78, 5) is 44.6. The van der Waals surface area contributed by atoms with Crippen LogP contribution >= 0.6 is 0 Å². The number of imide groups is 1. The molecule has 0 bridgehead atoms. The molecule has 160 valence electrons. The Morgan fingerprint density at radius 3 is 2.39 bits per heavy atom. The molecule has 5 rings (SSSR count). The summed E-state index contributed by atoms with van der Waals surface area (Å²) in [7, 11) is 0. The van der Waals surface area contributed by atoms with Gasteiger partial charge in [-0.05, 0) is 55.9 Å². The third-order valence-electron chi connectivity index (χ3n) is 6.65. The Kier molecular flexibility index (Phi) is 5.18. The van der Waals surface area contributed by atoms with Crippen LogP contribution in [-0.2, 0) is 16.0 Å². The van der Waals surface area contributed by atoms with Crippen molar-refractivity contribution in [1.82, 2.24) is 9.88 Å². The van der Waals surface area contributed by atoms with Gasteiger partial charge in [-0.25, -0.2) is 4.98 Å². The van der Waals surface area contributed by atoms with Crippen LogP contribution in [0.3, 0.4) is 0 Å². The Balaban J connectivity index is 1.18. The molecule has 0 atom stereocenters. The summed E-state index contributed by atoms with van der Waals surface area (Å²) in [5.74, 6) is 0.674. The van der Waals surface area contributed by atoms with E-state index in [0.717, 1.165) is 43.6 Å². The number of nitrogens with zero attached hydrogens (tertiary/aromatic N) is 3. The largest absolute Gasteiger partial charge is 0.367 e. The van der Waals surface area contributed by atoms with Crippen molar-refractivity contribution in [1.29, 1.82) is 0 Å². The van der Waals surface area contributed by atoms with Crippen LogP contribution in [0.25, 0.3) is 0 Å². The van der Waals surface area contributed by atoms with E-state index in [9.17, 15) is 14.4 Å². The molecule has 3 heterocycles. The zero-order chi connectivity index (χ0) is 21.4. The molecule has 1 saturated carbocycles. The highest BCUT2D eigenvalue weighted by atomic mass is 16.2. The standard InChI is InChI=1S/C24H26N4O3/c29-22-11-12-23(30)28(22)19-8-6-18(7-9-19)26-21-10-5-17(15-25-21)24(31)27-14-13-16-3-1-2-4-20(16)27/h1-5,10,15,18-19H,6-9,11-14H2,(H,25,26). The van der Waals surface area contributed by atoms with Crippen LogP contribution in [-0.4, -0.2) is 46.2 Å². The lowest BCUT2D eigenvalue weighted by molar-refractivity contribution is -0.141. The molecule has 1 aromatic carbocycles. The van der Waals surface area contributed by atoms with Crippen LogP contribution in [0.1, 0.15) is 54.4 Å². The molecule has 2 aliphatic heterocycles.